The molecule has 9 heteroatoms. The highest BCUT2D eigenvalue weighted by molar-refractivity contribution is 8.01. The van der Waals surface area contributed by atoms with Crippen molar-refractivity contribution in [1.82, 2.24) is 10.2 Å². The molecule has 32 heavy (non-hydrogen) atoms. The van der Waals surface area contributed by atoms with Crippen LogP contribution in [-0.4, -0.2) is 33.5 Å². The quantitative estimate of drug-likeness (QED) is 0.287. The Morgan fingerprint density at radius 1 is 0.906 bits per heavy atom. The van der Waals surface area contributed by atoms with E-state index < -0.39 is 0 Å². The lowest BCUT2D eigenvalue weighted by molar-refractivity contribution is -0.113. The molecule has 7 nitrogen and oxygen atoms in total. The third-order valence-corrected chi connectivity index (χ3v) is 6.51. The lowest BCUT2D eigenvalue weighted by Crippen LogP contribution is -2.14. The fourth-order valence-electron chi connectivity index (χ4n) is 2.72. The summed E-state index contributed by atoms with van der Waals surface area (Å²) in [6.07, 6.45) is 0. The molecule has 0 saturated heterocycles. The monoisotopic (exact) mass is 468 g/mol. The highest BCUT2D eigenvalue weighted by Crippen LogP contribution is 2.26. The van der Waals surface area contributed by atoms with E-state index in [1.54, 1.807) is 36.4 Å². The molecule has 2 amide bonds. The Morgan fingerprint density at radius 3 is 2.12 bits per heavy atom. The standard InChI is InChI=1S/C23H24N4O3S2/c1-14(28)15-7-11-18(12-8-15)24-19(29)13-31-22-27-26-21(32-22)25-20(30)16-5-9-17(10-6-16)23(2,3)4/h5-12H,13H2,1-4H3,(H,24,29)(H,25,26,30). The summed E-state index contributed by atoms with van der Waals surface area (Å²) in [4.78, 5) is 35.9. The molecule has 0 aliphatic carbocycles. The van der Waals surface area contributed by atoms with Gasteiger partial charge in [0, 0.05) is 16.8 Å². The van der Waals surface area contributed by atoms with E-state index in [2.05, 4.69) is 41.6 Å². The number of benzene rings is 2. The van der Waals surface area contributed by atoms with E-state index >= 15 is 0 Å². The summed E-state index contributed by atoms with van der Waals surface area (Å²) < 4.78 is 0.574. The van der Waals surface area contributed by atoms with Crippen molar-refractivity contribution in [2.45, 2.75) is 37.4 Å². The van der Waals surface area contributed by atoms with Crippen molar-refractivity contribution < 1.29 is 14.4 Å². The Balaban J connectivity index is 1.50. The van der Waals surface area contributed by atoms with Crippen LogP contribution in [0.25, 0.3) is 0 Å². The highest BCUT2D eigenvalue weighted by atomic mass is 32.2. The van der Waals surface area contributed by atoms with Crippen LogP contribution < -0.4 is 10.6 Å². The average molecular weight is 469 g/mol. The Morgan fingerprint density at radius 2 is 1.53 bits per heavy atom. The summed E-state index contributed by atoms with van der Waals surface area (Å²) in [5, 5.41) is 13.9. The second-order valence-electron chi connectivity index (χ2n) is 8.12. The first-order valence-electron chi connectivity index (χ1n) is 9.91. The van der Waals surface area contributed by atoms with Crippen molar-refractivity contribution >= 4 is 51.5 Å². The second-order valence-corrected chi connectivity index (χ2v) is 10.3. The van der Waals surface area contributed by atoms with Crippen LogP contribution in [0.3, 0.4) is 0 Å². The first-order valence-corrected chi connectivity index (χ1v) is 11.7. The first kappa shape index (κ1) is 23.6. The van der Waals surface area contributed by atoms with E-state index in [0.717, 1.165) is 5.56 Å². The lowest BCUT2D eigenvalue weighted by atomic mass is 9.87. The Bertz CT molecular complexity index is 1120. The van der Waals surface area contributed by atoms with Gasteiger partial charge in [0.25, 0.3) is 5.91 Å². The molecule has 0 unspecified atom stereocenters. The molecular formula is C23H24N4O3S2. The number of amides is 2. The number of rotatable bonds is 7. The van der Waals surface area contributed by atoms with Crippen LogP contribution in [0.1, 0.15) is 54.0 Å². The number of nitrogens with one attached hydrogen (secondary N) is 2. The van der Waals surface area contributed by atoms with Crippen molar-refractivity contribution in [3.8, 4) is 0 Å². The molecule has 3 rings (SSSR count). The van der Waals surface area contributed by atoms with Gasteiger partial charge >= 0.3 is 0 Å². The second kappa shape index (κ2) is 10.1. The number of carbonyl (C=O) groups is 3. The van der Waals surface area contributed by atoms with Gasteiger partial charge in [0.15, 0.2) is 10.1 Å². The minimum Gasteiger partial charge on any atom is -0.325 e. The fraction of sp³-hybridized carbons (Fsp3) is 0.261. The van der Waals surface area contributed by atoms with E-state index in [1.165, 1.54) is 30.0 Å². The first-order chi connectivity index (χ1) is 15.1. The van der Waals surface area contributed by atoms with Gasteiger partial charge in [-0.05, 0) is 54.3 Å². The largest absolute Gasteiger partial charge is 0.325 e. The minimum absolute atomic E-state index is 0.0185. The Kier molecular flexibility index (Phi) is 7.42. The minimum atomic E-state index is -0.259. The van der Waals surface area contributed by atoms with Gasteiger partial charge < -0.3 is 5.32 Å². The molecule has 0 spiro atoms. The van der Waals surface area contributed by atoms with Gasteiger partial charge in [-0.1, -0.05) is 56.0 Å². The molecule has 0 saturated carbocycles. The van der Waals surface area contributed by atoms with Gasteiger partial charge in [0.05, 0.1) is 5.75 Å². The van der Waals surface area contributed by atoms with Crippen LogP contribution >= 0.6 is 23.1 Å². The van der Waals surface area contributed by atoms with Gasteiger partial charge in [-0.3, -0.25) is 19.7 Å². The van der Waals surface area contributed by atoms with Gasteiger partial charge in [-0.25, -0.2) is 0 Å². The van der Waals surface area contributed by atoms with Crippen LogP contribution in [0, 0.1) is 0 Å². The average Bonchev–Trinajstić information content (AvgIpc) is 3.19. The molecule has 166 valence electrons. The molecule has 0 aliphatic heterocycles. The van der Waals surface area contributed by atoms with E-state index in [9.17, 15) is 14.4 Å². The number of hydrogen-bond donors (Lipinski definition) is 2. The lowest BCUT2D eigenvalue weighted by Gasteiger charge is -2.18. The molecule has 0 fully saturated rings. The van der Waals surface area contributed by atoms with Crippen molar-refractivity contribution in [2.24, 2.45) is 0 Å². The SMILES string of the molecule is CC(=O)c1ccc(NC(=O)CSc2nnc(NC(=O)c3ccc(C(C)(C)C)cc3)s2)cc1. The Hall–Kier alpha value is -3.04. The molecule has 2 N–H and O–H groups in total. The van der Waals surface area contributed by atoms with Crippen molar-refractivity contribution in [2.75, 3.05) is 16.4 Å². The van der Waals surface area contributed by atoms with Gasteiger partial charge in [0.2, 0.25) is 11.0 Å². The normalized spacial score (nSPS) is 11.1. The number of nitrogens with zero attached hydrogens (tertiary/aromatic N) is 2. The fourth-order valence-corrected chi connectivity index (χ4v) is 4.27. The Labute approximate surface area is 195 Å². The number of anilines is 2. The van der Waals surface area contributed by atoms with Gasteiger partial charge in [0.1, 0.15) is 0 Å². The summed E-state index contributed by atoms with van der Waals surface area (Å²) >= 11 is 2.44. The molecular weight excluding hydrogens is 444 g/mol. The van der Waals surface area contributed by atoms with Gasteiger partial charge in [-0.15, -0.1) is 10.2 Å². The molecule has 0 radical (unpaired) electrons. The maximum atomic E-state index is 12.5. The van der Waals surface area contributed by atoms with Crippen molar-refractivity contribution in [1.29, 1.82) is 0 Å². The molecule has 0 aliphatic rings. The molecule has 1 aromatic heterocycles. The highest BCUT2D eigenvalue weighted by Gasteiger charge is 2.16. The van der Waals surface area contributed by atoms with Crippen LogP contribution in [-0.2, 0) is 10.2 Å². The summed E-state index contributed by atoms with van der Waals surface area (Å²) in [5.41, 5.74) is 2.91. The summed E-state index contributed by atoms with van der Waals surface area (Å²) in [5.74, 6) is -0.347. The summed E-state index contributed by atoms with van der Waals surface area (Å²) in [6, 6.07) is 14.2. The predicted molar refractivity (Wildman–Crippen MR) is 129 cm³/mol. The van der Waals surface area contributed by atoms with Crippen molar-refractivity contribution in [3.63, 3.8) is 0 Å². The molecule has 3 aromatic rings. The van der Waals surface area contributed by atoms with Crippen LogP contribution in [0.5, 0.6) is 0 Å². The van der Waals surface area contributed by atoms with E-state index in [1.807, 2.05) is 12.1 Å². The zero-order chi connectivity index (χ0) is 23.3. The molecule has 0 atom stereocenters. The number of Topliss-reactive ketones (excluding diaryl/α,β-unsaturated/α-hetero) is 1. The maximum Gasteiger partial charge on any atom is 0.257 e. The van der Waals surface area contributed by atoms with E-state index in [4.69, 9.17) is 0 Å². The third-order valence-electron chi connectivity index (χ3n) is 4.54. The maximum absolute atomic E-state index is 12.5. The van der Waals surface area contributed by atoms with E-state index in [-0.39, 0.29) is 28.8 Å². The summed E-state index contributed by atoms with van der Waals surface area (Å²) in [7, 11) is 0. The van der Waals surface area contributed by atoms with Crippen LogP contribution in [0.4, 0.5) is 10.8 Å². The smallest absolute Gasteiger partial charge is 0.257 e. The van der Waals surface area contributed by atoms with Gasteiger partial charge in [-0.2, -0.15) is 0 Å². The zero-order valence-electron chi connectivity index (χ0n) is 18.3. The topological polar surface area (TPSA) is 101 Å². The van der Waals surface area contributed by atoms with E-state index in [0.29, 0.717) is 26.3 Å². The van der Waals surface area contributed by atoms with Crippen molar-refractivity contribution in [3.05, 3.63) is 65.2 Å². The third kappa shape index (κ3) is 6.48. The molecule has 0 bridgehead atoms. The molecule has 2 aromatic carbocycles. The number of ketones is 1. The number of aromatic nitrogens is 2. The number of thioether (sulfide) groups is 1. The van der Waals surface area contributed by atoms with Crippen LogP contribution in [0.2, 0.25) is 0 Å². The predicted octanol–water partition coefficient (Wildman–Crippen LogP) is 5.02. The molecule has 1 heterocycles. The van der Waals surface area contributed by atoms with Crippen LogP contribution in [0.15, 0.2) is 52.9 Å². The number of hydrogen-bond acceptors (Lipinski definition) is 7. The zero-order valence-corrected chi connectivity index (χ0v) is 19.9. The summed E-state index contributed by atoms with van der Waals surface area (Å²) in [6.45, 7) is 7.85. The number of carbonyl (C=O) groups excluding carboxylic acids is 3.